The van der Waals surface area contributed by atoms with Crippen LogP contribution in [0.15, 0.2) is 30.9 Å². The number of nitrogens with one attached hydrogen (secondary N) is 2. The van der Waals surface area contributed by atoms with Gasteiger partial charge in [0, 0.05) is 24.3 Å². The Morgan fingerprint density at radius 3 is 3.14 bits per heavy atom. The summed E-state index contributed by atoms with van der Waals surface area (Å²) in [6, 6.07) is 6.01. The minimum atomic E-state index is -0.00998. The van der Waals surface area contributed by atoms with Crippen LogP contribution in [-0.2, 0) is 17.8 Å². The smallest absolute Gasteiger partial charge is 0.226 e. The van der Waals surface area contributed by atoms with Gasteiger partial charge in [0.15, 0.2) is 0 Å². The highest BCUT2D eigenvalue weighted by atomic mass is 35.5. The standard InChI is InChI=1S/C14H17N5O.ClH/c20-14(5-7-19-10-15-9-17-19)18-12-3-4-13-11(8-12)2-1-6-16-13;/h3-4,8-10,16H,1-2,5-7H2,(H,18,20);1H. The molecule has 2 heterocycles. The third-order valence-electron chi connectivity index (χ3n) is 3.36. The number of aryl methyl sites for hydroxylation is 2. The molecule has 1 aromatic carbocycles. The topological polar surface area (TPSA) is 71.8 Å². The average molecular weight is 308 g/mol. The predicted molar refractivity (Wildman–Crippen MR) is 83.8 cm³/mol. The van der Waals surface area contributed by atoms with Gasteiger partial charge in [-0.15, -0.1) is 12.4 Å². The molecule has 2 aromatic rings. The number of nitrogens with zero attached hydrogens (tertiary/aromatic N) is 3. The zero-order valence-corrected chi connectivity index (χ0v) is 12.4. The minimum absolute atomic E-state index is 0. The van der Waals surface area contributed by atoms with Gasteiger partial charge < -0.3 is 10.6 Å². The van der Waals surface area contributed by atoms with E-state index in [0.29, 0.717) is 13.0 Å². The molecule has 0 spiro atoms. The predicted octanol–water partition coefficient (Wildman–Crippen LogP) is 2.09. The van der Waals surface area contributed by atoms with E-state index in [1.54, 1.807) is 11.0 Å². The van der Waals surface area contributed by atoms with Crippen molar-refractivity contribution < 1.29 is 4.79 Å². The maximum Gasteiger partial charge on any atom is 0.226 e. The molecule has 0 bridgehead atoms. The first-order valence-electron chi connectivity index (χ1n) is 6.80. The number of hydrogen-bond donors (Lipinski definition) is 2. The maximum atomic E-state index is 11.9. The Hall–Kier alpha value is -2.08. The lowest BCUT2D eigenvalue weighted by Gasteiger charge is -2.18. The minimum Gasteiger partial charge on any atom is -0.385 e. The third-order valence-corrected chi connectivity index (χ3v) is 3.36. The van der Waals surface area contributed by atoms with Crippen LogP contribution in [0.1, 0.15) is 18.4 Å². The Kier molecular flexibility index (Phi) is 5.16. The second-order valence-corrected chi connectivity index (χ2v) is 4.86. The van der Waals surface area contributed by atoms with E-state index in [1.807, 2.05) is 12.1 Å². The first-order chi connectivity index (χ1) is 9.81. The van der Waals surface area contributed by atoms with Crippen LogP contribution in [0.3, 0.4) is 0 Å². The summed E-state index contributed by atoms with van der Waals surface area (Å²) < 4.78 is 1.65. The van der Waals surface area contributed by atoms with Crippen LogP contribution in [0.25, 0.3) is 0 Å². The van der Waals surface area contributed by atoms with E-state index in [0.717, 1.165) is 25.1 Å². The van der Waals surface area contributed by atoms with Gasteiger partial charge in [0.25, 0.3) is 0 Å². The molecule has 0 saturated carbocycles. The molecule has 6 nitrogen and oxygen atoms in total. The van der Waals surface area contributed by atoms with Crippen LogP contribution in [-0.4, -0.2) is 27.2 Å². The van der Waals surface area contributed by atoms with E-state index in [1.165, 1.54) is 17.6 Å². The van der Waals surface area contributed by atoms with Gasteiger partial charge in [0.1, 0.15) is 12.7 Å². The van der Waals surface area contributed by atoms with Crippen LogP contribution < -0.4 is 10.6 Å². The molecule has 0 fully saturated rings. The van der Waals surface area contributed by atoms with Gasteiger partial charge >= 0.3 is 0 Å². The monoisotopic (exact) mass is 307 g/mol. The zero-order chi connectivity index (χ0) is 13.8. The number of halogens is 1. The molecule has 1 aromatic heterocycles. The Morgan fingerprint density at radius 2 is 2.33 bits per heavy atom. The highest BCUT2D eigenvalue weighted by Crippen LogP contribution is 2.25. The van der Waals surface area contributed by atoms with Gasteiger partial charge in [0.2, 0.25) is 5.91 Å². The Bertz CT molecular complexity index is 599. The first kappa shape index (κ1) is 15.3. The molecule has 2 N–H and O–H groups in total. The first-order valence-corrected chi connectivity index (χ1v) is 6.80. The summed E-state index contributed by atoms with van der Waals surface area (Å²) in [5.74, 6) is -0.00998. The number of benzene rings is 1. The molecular weight excluding hydrogens is 290 g/mol. The lowest BCUT2D eigenvalue weighted by atomic mass is 10.0. The number of carbonyl (C=O) groups is 1. The quantitative estimate of drug-likeness (QED) is 0.907. The van der Waals surface area contributed by atoms with Gasteiger partial charge in [-0.25, -0.2) is 4.98 Å². The van der Waals surface area contributed by atoms with Crippen molar-refractivity contribution in [3.63, 3.8) is 0 Å². The summed E-state index contributed by atoms with van der Waals surface area (Å²) in [6.45, 7) is 1.56. The fourth-order valence-electron chi connectivity index (χ4n) is 2.34. The van der Waals surface area contributed by atoms with Gasteiger partial charge in [-0.05, 0) is 36.6 Å². The number of anilines is 2. The molecule has 0 radical (unpaired) electrons. The fourth-order valence-corrected chi connectivity index (χ4v) is 2.34. The SMILES string of the molecule is Cl.O=C(CCn1cncn1)Nc1ccc2c(c1)CCCN2. The van der Waals surface area contributed by atoms with E-state index in [2.05, 4.69) is 26.8 Å². The van der Waals surface area contributed by atoms with Crippen molar-refractivity contribution in [2.45, 2.75) is 25.8 Å². The molecule has 1 aliphatic heterocycles. The summed E-state index contributed by atoms with van der Waals surface area (Å²) >= 11 is 0. The molecule has 0 saturated heterocycles. The number of fused-ring (bicyclic) bond motifs is 1. The van der Waals surface area contributed by atoms with Crippen molar-refractivity contribution in [2.75, 3.05) is 17.2 Å². The van der Waals surface area contributed by atoms with Gasteiger partial charge in [-0.3, -0.25) is 9.48 Å². The highest BCUT2D eigenvalue weighted by Gasteiger charge is 2.10. The molecule has 0 atom stereocenters. The van der Waals surface area contributed by atoms with E-state index in [4.69, 9.17) is 0 Å². The number of aromatic nitrogens is 3. The summed E-state index contributed by atoms with van der Waals surface area (Å²) in [5.41, 5.74) is 3.30. The van der Waals surface area contributed by atoms with E-state index < -0.39 is 0 Å². The van der Waals surface area contributed by atoms with Gasteiger partial charge in [-0.1, -0.05) is 0 Å². The summed E-state index contributed by atoms with van der Waals surface area (Å²) in [5, 5.41) is 10.3. The largest absolute Gasteiger partial charge is 0.385 e. The lowest BCUT2D eigenvalue weighted by Crippen LogP contribution is -2.16. The van der Waals surface area contributed by atoms with Crippen LogP contribution in [0.4, 0.5) is 11.4 Å². The number of rotatable bonds is 4. The molecule has 112 valence electrons. The maximum absolute atomic E-state index is 11.9. The Morgan fingerprint density at radius 1 is 1.43 bits per heavy atom. The van der Waals surface area contributed by atoms with Gasteiger partial charge in [-0.2, -0.15) is 5.10 Å². The van der Waals surface area contributed by atoms with Crippen molar-refractivity contribution in [3.05, 3.63) is 36.4 Å². The molecule has 3 rings (SSSR count). The summed E-state index contributed by atoms with van der Waals surface area (Å²) in [4.78, 5) is 15.7. The molecular formula is C14H18ClN5O. The van der Waals surface area contributed by atoms with Crippen molar-refractivity contribution >= 4 is 29.7 Å². The molecule has 0 aliphatic carbocycles. The van der Waals surface area contributed by atoms with Crippen LogP contribution in [0.2, 0.25) is 0 Å². The number of amides is 1. The molecule has 0 unspecified atom stereocenters. The number of hydrogen-bond acceptors (Lipinski definition) is 4. The summed E-state index contributed by atoms with van der Waals surface area (Å²) in [7, 11) is 0. The van der Waals surface area contributed by atoms with E-state index in [9.17, 15) is 4.79 Å². The Labute approximate surface area is 129 Å². The molecule has 21 heavy (non-hydrogen) atoms. The van der Waals surface area contributed by atoms with Crippen LogP contribution in [0.5, 0.6) is 0 Å². The normalized spacial score (nSPS) is 12.8. The number of carbonyl (C=O) groups excluding carboxylic acids is 1. The average Bonchev–Trinajstić information content (AvgIpc) is 2.98. The Balaban J connectivity index is 0.00000161. The molecule has 7 heteroatoms. The van der Waals surface area contributed by atoms with Crippen LogP contribution in [0, 0.1) is 0 Å². The van der Waals surface area contributed by atoms with E-state index in [-0.39, 0.29) is 18.3 Å². The zero-order valence-electron chi connectivity index (χ0n) is 11.6. The van der Waals surface area contributed by atoms with Gasteiger partial charge in [0.05, 0.1) is 6.54 Å². The van der Waals surface area contributed by atoms with Crippen molar-refractivity contribution in [2.24, 2.45) is 0 Å². The third kappa shape index (κ3) is 3.95. The molecule has 1 aliphatic rings. The second kappa shape index (κ2) is 7.08. The van der Waals surface area contributed by atoms with Crippen LogP contribution >= 0.6 is 12.4 Å². The highest BCUT2D eigenvalue weighted by molar-refractivity contribution is 5.91. The molecule has 1 amide bonds. The van der Waals surface area contributed by atoms with Crippen molar-refractivity contribution in [1.29, 1.82) is 0 Å². The second-order valence-electron chi connectivity index (χ2n) is 4.86. The van der Waals surface area contributed by atoms with Crippen molar-refractivity contribution in [1.82, 2.24) is 14.8 Å². The lowest BCUT2D eigenvalue weighted by molar-refractivity contribution is -0.116. The summed E-state index contributed by atoms with van der Waals surface area (Å²) in [6.07, 6.45) is 5.66. The fraction of sp³-hybridized carbons (Fsp3) is 0.357. The van der Waals surface area contributed by atoms with Crippen molar-refractivity contribution in [3.8, 4) is 0 Å². The van der Waals surface area contributed by atoms with E-state index >= 15 is 0 Å².